The van der Waals surface area contributed by atoms with Gasteiger partial charge in [0.25, 0.3) is 0 Å². The van der Waals surface area contributed by atoms with Gasteiger partial charge in [0.05, 0.1) is 44.6 Å². The molecule has 1 saturated carbocycles. The van der Waals surface area contributed by atoms with E-state index in [0.29, 0.717) is 40.4 Å². The highest BCUT2D eigenvalue weighted by molar-refractivity contribution is 7.25. The second-order valence-corrected chi connectivity index (χ2v) is 17.3. The zero-order valence-corrected chi connectivity index (χ0v) is 33.5. The van der Waals surface area contributed by atoms with Gasteiger partial charge in [-0.2, -0.15) is 10.5 Å². The molecule has 0 aliphatic heterocycles. The number of para-hydroxylation sites is 2. The number of anilines is 2. The van der Waals surface area contributed by atoms with E-state index in [0.717, 1.165) is 65.8 Å². The van der Waals surface area contributed by atoms with Crippen molar-refractivity contribution in [2.24, 2.45) is 11.8 Å². The molecule has 2 unspecified atom stereocenters. The van der Waals surface area contributed by atoms with Gasteiger partial charge in [0.15, 0.2) is 0 Å². The Kier molecular flexibility index (Phi) is 7.14. The minimum atomic E-state index is 0.312. The van der Waals surface area contributed by atoms with Gasteiger partial charge in [0.2, 0.25) is 0 Å². The van der Waals surface area contributed by atoms with Crippen LogP contribution in [0.3, 0.4) is 0 Å². The second kappa shape index (κ2) is 12.8. The summed E-state index contributed by atoms with van der Waals surface area (Å²) < 4.78 is 6.81. The van der Waals surface area contributed by atoms with E-state index in [2.05, 4.69) is 190 Å². The second-order valence-electron chi connectivity index (χ2n) is 16.3. The normalized spacial score (nSPS) is 16.9. The molecular formula is C55H33N5S. The summed E-state index contributed by atoms with van der Waals surface area (Å²) in [6.07, 6.45) is 9.03. The first-order valence-corrected chi connectivity index (χ1v) is 21.5. The number of nitriles is 2. The lowest BCUT2D eigenvalue weighted by Crippen LogP contribution is -2.22. The lowest BCUT2D eigenvalue weighted by molar-refractivity contribution is 0.904. The standard InChI is InChI=1S/C55H33N5S/c56-31-34-27-50(60-46-20-10-8-16-39(46)43-29-44-40-17-9-11-21-52(40)61-53(44)30-51(43)60)35(32-57)26-49(34)59-47-25-23-37(28-45(47)54-38-15-5-4-12-33(38)22-24-48(54)59)58(36-13-2-1-3-14-36)55-41-18-6-7-19-42(41)55/h1-30,41-42,55H. The predicted molar refractivity (Wildman–Crippen MR) is 253 cm³/mol. The minimum absolute atomic E-state index is 0.312. The topological polar surface area (TPSA) is 60.7 Å². The van der Waals surface area contributed by atoms with Gasteiger partial charge in [-0.05, 0) is 83.6 Å². The summed E-state index contributed by atoms with van der Waals surface area (Å²) in [4.78, 5) is 2.50. The SMILES string of the molecule is N#Cc1cc(-n2c3ccc(N(c4ccccc4)C4C5C=CC=CC54)cc3c3c4ccccc4ccc32)c(C#N)cc1-n1c2ccccc2c2cc3c(cc21)sc1ccccc13. The molecule has 0 amide bonds. The molecule has 0 radical (unpaired) electrons. The molecule has 284 valence electrons. The molecule has 3 heterocycles. The smallest absolute Gasteiger partial charge is 0.101 e. The lowest BCUT2D eigenvalue weighted by atomic mass is 10.0. The van der Waals surface area contributed by atoms with Crippen molar-refractivity contribution in [3.8, 4) is 23.5 Å². The van der Waals surface area contributed by atoms with Gasteiger partial charge in [-0.25, -0.2) is 0 Å². The van der Waals surface area contributed by atoms with Crippen LogP contribution in [-0.4, -0.2) is 15.2 Å². The summed E-state index contributed by atoms with van der Waals surface area (Å²) in [7, 11) is 0. The van der Waals surface area contributed by atoms with Gasteiger partial charge in [-0.1, -0.05) is 109 Å². The van der Waals surface area contributed by atoms with Crippen LogP contribution < -0.4 is 4.90 Å². The molecule has 8 aromatic carbocycles. The fourth-order valence-corrected chi connectivity index (χ4v) is 11.5. The first-order chi connectivity index (χ1) is 30.2. The molecule has 1 fully saturated rings. The zero-order valence-electron chi connectivity index (χ0n) is 32.7. The van der Waals surface area contributed by atoms with E-state index in [-0.39, 0.29) is 0 Å². The summed E-state index contributed by atoms with van der Waals surface area (Å²) in [6, 6.07) is 61.1. The Morgan fingerprint density at radius 3 is 1.87 bits per heavy atom. The number of allylic oxidation sites excluding steroid dienone is 2. The molecule has 0 spiro atoms. The van der Waals surface area contributed by atoms with Gasteiger partial charge in [-0.3, -0.25) is 0 Å². The number of thiophene rings is 1. The zero-order chi connectivity index (χ0) is 40.3. The average molecular weight is 796 g/mol. The minimum Gasteiger partial charge on any atom is -0.337 e. The third-order valence-corrected chi connectivity index (χ3v) is 14.3. The van der Waals surface area contributed by atoms with Gasteiger partial charge in [0.1, 0.15) is 12.1 Å². The van der Waals surface area contributed by atoms with Crippen LogP contribution in [0.5, 0.6) is 0 Å². The van der Waals surface area contributed by atoms with Crippen molar-refractivity contribution >= 4 is 97.3 Å². The third-order valence-electron chi connectivity index (χ3n) is 13.1. The largest absolute Gasteiger partial charge is 0.337 e. The van der Waals surface area contributed by atoms with E-state index in [4.69, 9.17) is 0 Å². The average Bonchev–Trinajstić information content (AvgIpc) is 3.58. The van der Waals surface area contributed by atoms with Crippen LogP contribution in [0.15, 0.2) is 182 Å². The number of benzene rings is 8. The molecule has 11 aromatic rings. The van der Waals surface area contributed by atoms with Crippen LogP contribution >= 0.6 is 11.3 Å². The Labute approximate surface area is 354 Å². The van der Waals surface area contributed by atoms with E-state index >= 15 is 0 Å². The maximum atomic E-state index is 11.1. The van der Waals surface area contributed by atoms with Crippen LogP contribution in [0.4, 0.5) is 11.4 Å². The molecule has 0 saturated heterocycles. The highest BCUT2D eigenvalue weighted by Crippen LogP contribution is 2.52. The first kappa shape index (κ1) is 34.0. The maximum Gasteiger partial charge on any atom is 0.101 e. The number of hydrogen-bond donors (Lipinski definition) is 0. The van der Waals surface area contributed by atoms with Crippen molar-refractivity contribution in [1.29, 1.82) is 10.5 Å². The molecule has 2 atom stereocenters. The molecule has 13 rings (SSSR count). The Bertz CT molecular complexity index is 3810. The van der Waals surface area contributed by atoms with Crippen molar-refractivity contribution in [2.75, 3.05) is 4.90 Å². The van der Waals surface area contributed by atoms with E-state index in [9.17, 15) is 10.5 Å². The Morgan fingerprint density at radius 2 is 1.10 bits per heavy atom. The highest BCUT2D eigenvalue weighted by atomic mass is 32.1. The van der Waals surface area contributed by atoms with E-state index in [1.165, 1.54) is 20.2 Å². The summed E-state index contributed by atoms with van der Waals surface area (Å²) in [5.41, 5.74) is 8.61. The van der Waals surface area contributed by atoms with Crippen LogP contribution in [-0.2, 0) is 0 Å². The molecule has 5 nitrogen and oxygen atoms in total. The number of hydrogen-bond acceptors (Lipinski definition) is 4. The molecule has 0 bridgehead atoms. The Morgan fingerprint density at radius 1 is 0.459 bits per heavy atom. The molecule has 0 N–H and O–H groups in total. The van der Waals surface area contributed by atoms with Crippen molar-refractivity contribution in [3.05, 3.63) is 193 Å². The van der Waals surface area contributed by atoms with Crippen LogP contribution in [0.25, 0.3) is 85.9 Å². The third kappa shape index (κ3) is 4.86. The van der Waals surface area contributed by atoms with Crippen molar-refractivity contribution in [1.82, 2.24) is 9.13 Å². The first-order valence-electron chi connectivity index (χ1n) is 20.7. The summed E-state index contributed by atoms with van der Waals surface area (Å²) in [5.74, 6) is 0.907. The number of fused-ring (bicyclic) bond motifs is 12. The van der Waals surface area contributed by atoms with Crippen molar-refractivity contribution in [3.63, 3.8) is 0 Å². The van der Waals surface area contributed by atoms with Crippen LogP contribution in [0.1, 0.15) is 11.1 Å². The van der Waals surface area contributed by atoms with Crippen LogP contribution in [0.2, 0.25) is 0 Å². The monoisotopic (exact) mass is 795 g/mol. The summed E-state index contributed by atoms with van der Waals surface area (Å²) in [5, 5.41) is 31.4. The molecule has 3 aromatic heterocycles. The molecular weight excluding hydrogens is 763 g/mol. The fraction of sp³-hybridized carbons (Fsp3) is 0.0545. The van der Waals surface area contributed by atoms with Gasteiger partial charge in [0, 0.05) is 71.0 Å². The van der Waals surface area contributed by atoms with Crippen LogP contribution in [0, 0.1) is 34.5 Å². The van der Waals surface area contributed by atoms with Crippen molar-refractivity contribution in [2.45, 2.75) is 6.04 Å². The Hall–Kier alpha value is -7.90. The lowest BCUT2D eigenvalue weighted by Gasteiger charge is -2.26. The quantitative estimate of drug-likeness (QED) is 0.174. The summed E-state index contributed by atoms with van der Waals surface area (Å²) in [6.45, 7) is 0. The van der Waals surface area contributed by atoms with E-state index < -0.39 is 0 Å². The molecule has 6 heteroatoms. The molecule has 2 aliphatic rings. The summed E-state index contributed by atoms with van der Waals surface area (Å²) >= 11 is 1.78. The Balaban J connectivity index is 1.06. The predicted octanol–water partition coefficient (Wildman–Crippen LogP) is 14.0. The number of rotatable bonds is 5. The maximum absolute atomic E-state index is 11.1. The van der Waals surface area contributed by atoms with E-state index in [1.54, 1.807) is 11.3 Å². The van der Waals surface area contributed by atoms with Gasteiger partial charge in [-0.15, -0.1) is 11.3 Å². The highest BCUT2D eigenvalue weighted by Gasteiger charge is 2.51. The van der Waals surface area contributed by atoms with Crippen molar-refractivity contribution < 1.29 is 0 Å². The van der Waals surface area contributed by atoms with E-state index in [1.807, 2.05) is 18.2 Å². The number of nitrogens with zero attached hydrogens (tertiary/aromatic N) is 5. The fourth-order valence-electron chi connectivity index (χ4n) is 10.4. The number of aromatic nitrogens is 2. The van der Waals surface area contributed by atoms with Gasteiger partial charge < -0.3 is 14.0 Å². The molecule has 61 heavy (non-hydrogen) atoms. The van der Waals surface area contributed by atoms with Gasteiger partial charge >= 0.3 is 0 Å². The molecule has 2 aliphatic carbocycles.